The van der Waals surface area contributed by atoms with Crippen molar-refractivity contribution in [2.45, 2.75) is 13.0 Å². The molecule has 5 nitrogen and oxygen atoms in total. The van der Waals surface area contributed by atoms with Crippen LogP contribution in [-0.4, -0.2) is 37.6 Å². The van der Waals surface area contributed by atoms with E-state index < -0.39 is 0 Å². The number of nitrogens with one attached hydrogen (secondary N) is 1. The number of carbonyl (C=O) groups is 2. The van der Waals surface area contributed by atoms with E-state index in [9.17, 15) is 14.0 Å². The van der Waals surface area contributed by atoms with Gasteiger partial charge in [0.2, 0.25) is 0 Å². The van der Waals surface area contributed by atoms with Gasteiger partial charge in [-0.15, -0.1) is 0 Å². The summed E-state index contributed by atoms with van der Waals surface area (Å²) in [7, 11) is 0. The molecule has 0 aromatic heterocycles. The third kappa shape index (κ3) is 4.03. The maximum atomic E-state index is 13.1. The highest BCUT2D eigenvalue weighted by atomic mass is 19.1. The summed E-state index contributed by atoms with van der Waals surface area (Å²) in [5, 5.41) is 2.84. The Morgan fingerprint density at radius 3 is 2.68 bits per heavy atom. The minimum Gasteiger partial charge on any atom is -0.365 e. The number of amides is 2. The van der Waals surface area contributed by atoms with Gasteiger partial charge in [-0.3, -0.25) is 9.59 Å². The van der Waals surface area contributed by atoms with Crippen molar-refractivity contribution in [3.63, 3.8) is 0 Å². The van der Waals surface area contributed by atoms with Crippen LogP contribution in [0.4, 0.5) is 10.1 Å². The standard InChI is InChI=1S/C19H19FN2O3/c1-13-4-2-3-5-17(13)19(24)21-10-16-11-22(18(23)12-25-16)15-8-6-14(20)7-9-15/h2-9,16H,10-12H2,1H3,(H,21,24). The molecule has 1 heterocycles. The highest BCUT2D eigenvalue weighted by molar-refractivity contribution is 5.96. The summed E-state index contributed by atoms with van der Waals surface area (Å²) in [6.45, 7) is 2.40. The van der Waals surface area contributed by atoms with Crippen molar-refractivity contribution in [3.8, 4) is 0 Å². The smallest absolute Gasteiger partial charge is 0.253 e. The zero-order valence-electron chi connectivity index (χ0n) is 13.9. The minimum absolute atomic E-state index is 0.0672. The maximum absolute atomic E-state index is 13.1. The Bertz CT molecular complexity index is 776. The molecule has 1 saturated heterocycles. The molecule has 0 spiro atoms. The SMILES string of the molecule is Cc1ccccc1C(=O)NCC1CN(c2ccc(F)cc2)C(=O)CO1. The number of hydrogen-bond donors (Lipinski definition) is 1. The summed E-state index contributed by atoms with van der Waals surface area (Å²) in [5.74, 6) is -0.716. The molecular weight excluding hydrogens is 323 g/mol. The predicted molar refractivity (Wildman–Crippen MR) is 92.0 cm³/mol. The molecule has 1 atom stereocenters. The van der Waals surface area contributed by atoms with Gasteiger partial charge in [0, 0.05) is 17.8 Å². The van der Waals surface area contributed by atoms with Crippen LogP contribution in [0.5, 0.6) is 0 Å². The van der Waals surface area contributed by atoms with Crippen molar-refractivity contribution in [1.29, 1.82) is 0 Å². The fourth-order valence-corrected chi connectivity index (χ4v) is 2.75. The van der Waals surface area contributed by atoms with E-state index in [0.717, 1.165) is 5.56 Å². The van der Waals surface area contributed by atoms with Crippen LogP contribution in [0.1, 0.15) is 15.9 Å². The summed E-state index contributed by atoms with van der Waals surface area (Å²) >= 11 is 0. The van der Waals surface area contributed by atoms with Crippen LogP contribution in [0.15, 0.2) is 48.5 Å². The number of carbonyl (C=O) groups excluding carboxylic acids is 2. The number of nitrogens with zero attached hydrogens (tertiary/aromatic N) is 1. The van der Waals surface area contributed by atoms with Crippen molar-refractivity contribution < 1.29 is 18.7 Å². The van der Waals surface area contributed by atoms with Gasteiger partial charge in [0.05, 0.1) is 12.6 Å². The first-order chi connectivity index (χ1) is 12.0. The van der Waals surface area contributed by atoms with Crippen molar-refractivity contribution in [3.05, 3.63) is 65.5 Å². The summed E-state index contributed by atoms with van der Waals surface area (Å²) in [6, 6.07) is 13.1. The zero-order chi connectivity index (χ0) is 17.8. The van der Waals surface area contributed by atoms with Gasteiger partial charge in [-0.25, -0.2) is 4.39 Å². The summed E-state index contributed by atoms with van der Waals surface area (Å²) in [5.41, 5.74) is 2.13. The summed E-state index contributed by atoms with van der Waals surface area (Å²) in [6.07, 6.45) is -0.323. The first-order valence-corrected chi connectivity index (χ1v) is 8.06. The molecule has 1 aliphatic heterocycles. The molecule has 1 unspecified atom stereocenters. The summed E-state index contributed by atoms with van der Waals surface area (Å²) in [4.78, 5) is 25.9. The van der Waals surface area contributed by atoms with E-state index in [2.05, 4.69) is 5.32 Å². The van der Waals surface area contributed by atoms with Crippen LogP contribution in [0.2, 0.25) is 0 Å². The highest BCUT2D eigenvalue weighted by Crippen LogP contribution is 2.19. The number of hydrogen-bond acceptors (Lipinski definition) is 3. The van der Waals surface area contributed by atoms with Gasteiger partial charge in [-0.1, -0.05) is 18.2 Å². The third-order valence-electron chi connectivity index (χ3n) is 4.15. The second kappa shape index (κ2) is 7.44. The van der Waals surface area contributed by atoms with Crippen molar-refractivity contribution >= 4 is 17.5 Å². The molecule has 0 radical (unpaired) electrons. The van der Waals surface area contributed by atoms with Crippen molar-refractivity contribution in [2.24, 2.45) is 0 Å². The lowest BCUT2D eigenvalue weighted by Crippen LogP contribution is -2.50. The van der Waals surface area contributed by atoms with E-state index in [-0.39, 0.29) is 36.9 Å². The molecule has 1 N–H and O–H groups in total. The molecule has 2 amide bonds. The van der Waals surface area contributed by atoms with Crippen LogP contribution in [0.3, 0.4) is 0 Å². The first-order valence-electron chi connectivity index (χ1n) is 8.06. The molecule has 2 aromatic rings. The number of benzene rings is 2. The van der Waals surface area contributed by atoms with Gasteiger partial charge in [-0.2, -0.15) is 0 Å². The Hall–Kier alpha value is -2.73. The van der Waals surface area contributed by atoms with Crippen LogP contribution < -0.4 is 10.2 Å². The van der Waals surface area contributed by atoms with Gasteiger partial charge < -0.3 is 15.0 Å². The Balaban J connectivity index is 1.62. The second-order valence-electron chi connectivity index (χ2n) is 5.94. The van der Waals surface area contributed by atoms with Gasteiger partial charge in [-0.05, 0) is 42.8 Å². The Labute approximate surface area is 145 Å². The lowest BCUT2D eigenvalue weighted by molar-refractivity contribution is -0.129. The molecule has 0 bridgehead atoms. The lowest BCUT2D eigenvalue weighted by atomic mass is 10.1. The number of halogens is 1. The molecule has 1 aliphatic rings. The molecule has 3 rings (SSSR count). The van der Waals surface area contributed by atoms with Crippen LogP contribution in [0, 0.1) is 12.7 Å². The van der Waals surface area contributed by atoms with E-state index in [1.54, 1.807) is 23.1 Å². The zero-order valence-corrected chi connectivity index (χ0v) is 13.9. The Morgan fingerprint density at radius 1 is 1.24 bits per heavy atom. The molecule has 2 aromatic carbocycles. The molecule has 6 heteroatoms. The molecular formula is C19H19FN2O3. The van der Waals surface area contributed by atoms with Gasteiger partial charge in [0.1, 0.15) is 12.4 Å². The monoisotopic (exact) mass is 342 g/mol. The molecule has 0 aliphatic carbocycles. The minimum atomic E-state index is -0.355. The average Bonchev–Trinajstić information content (AvgIpc) is 2.62. The van der Waals surface area contributed by atoms with Gasteiger partial charge >= 0.3 is 0 Å². The van der Waals surface area contributed by atoms with Crippen LogP contribution in [0.25, 0.3) is 0 Å². The van der Waals surface area contributed by atoms with Crippen molar-refractivity contribution in [1.82, 2.24) is 5.32 Å². The van der Waals surface area contributed by atoms with E-state index in [4.69, 9.17) is 4.74 Å². The van der Waals surface area contributed by atoms with Crippen molar-refractivity contribution in [2.75, 3.05) is 24.6 Å². The Kier molecular flexibility index (Phi) is 5.09. The van der Waals surface area contributed by atoms with Gasteiger partial charge in [0.25, 0.3) is 11.8 Å². The fraction of sp³-hybridized carbons (Fsp3) is 0.263. The first kappa shape index (κ1) is 17.1. The number of morpholine rings is 1. The summed E-state index contributed by atoms with van der Waals surface area (Å²) < 4.78 is 18.6. The number of ether oxygens (including phenoxy) is 1. The highest BCUT2D eigenvalue weighted by Gasteiger charge is 2.27. The molecule has 25 heavy (non-hydrogen) atoms. The molecule has 1 fully saturated rings. The van der Waals surface area contributed by atoms with E-state index in [1.807, 2.05) is 25.1 Å². The third-order valence-corrected chi connectivity index (χ3v) is 4.15. The number of aryl methyl sites for hydroxylation is 1. The van der Waals surface area contributed by atoms with E-state index in [0.29, 0.717) is 17.8 Å². The maximum Gasteiger partial charge on any atom is 0.253 e. The van der Waals surface area contributed by atoms with Crippen LogP contribution in [-0.2, 0) is 9.53 Å². The van der Waals surface area contributed by atoms with Gasteiger partial charge in [0.15, 0.2) is 0 Å². The predicted octanol–water partition coefficient (Wildman–Crippen LogP) is 2.30. The average molecular weight is 342 g/mol. The number of rotatable bonds is 4. The topological polar surface area (TPSA) is 58.6 Å². The quantitative estimate of drug-likeness (QED) is 0.927. The molecule has 0 saturated carbocycles. The largest absolute Gasteiger partial charge is 0.365 e. The van der Waals surface area contributed by atoms with E-state index >= 15 is 0 Å². The lowest BCUT2D eigenvalue weighted by Gasteiger charge is -2.32. The fourth-order valence-electron chi connectivity index (χ4n) is 2.75. The second-order valence-corrected chi connectivity index (χ2v) is 5.94. The van der Waals surface area contributed by atoms with E-state index in [1.165, 1.54) is 12.1 Å². The molecule has 130 valence electrons. The Morgan fingerprint density at radius 2 is 1.96 bits per heavy atom. The number of anilines is 1. The van der Waals surface area contributed by atoms with Crippen LogP contribution >= 0.6 is 0 Å². The normalized spacial score (nSPS) is 17.4.